The second-order valence-corrected chi connectivity index (χ2v) is 3.36. The highest BCUT2D eigenvalue weighted by atomic mass is 16.4. The van der Waals surface area contributed by atoms with Crippen molar-refractivity contribution in [2.24, 2.45) is 5.73 Å². The average Bonchev–Trinajstić information content (AvgIpc) is 2.28. The second kappa shape index (κ2) is 5.73. The molecule has 4 N–H and O–H groups in total. The molecule has 0 amide bonds. The first kappa shape index (κ1) is 12.0. The fraction of sp³-hybridized carbons (Fsp3) is 0.273. The van der Waals surface area contributed by atoms with E-state index in [-0.39, 0.29) is 6.54 Å². The van der Waals surface area contributed by atoms with Crippen LogP contribution in [-0.2, 0) is 11.2 Å². The van der Waals surface area contributed by atoms with Crippen molar-refractivity contribution in [1.82, 2.24) is 0 Å². The Morgan fingerprint density at radius 1 is 1.50 bits per heavy atom. The number of nitriles is 1. The molecule has 5 nitrogen and oxygen atoms in total. The minimum absolute atomic E-state index is 0.174. The van der Waals surface area contributed by atoms with Crippen LogP contribution in [0.4, 0.5) is 5.69 Å². The molecular weight excluding hydrogens is 206 g/mol. The Morgan fingerprint density at radius 2 is 2.12 bits per heavy atom. The van der Waals surface area contributed by atoms with Crippen LogP contribution in [0.3, 0.4) is 0 Å². The van der Waals surface area contributed by atoms with Crippen LogP contribution < -0.4 is 11.1 Å². The van der Waals surface area contributed by atoms with E-state index in [2.05, 4.69) is 11.4 Å². The number of nitrogens with one attached hydrogen (secondary N) is 1. The number of anilines is 1. The zero-order valence-electron chi connectivity index (χ0n) is 8.68. The van der Waals surface area contributed by atoms with Crippen molar-refractivity contribution >= 4 is 11.7 Å². The van der Waals surface area contributed by atoms with Gasteiger partial charge in [0.1, 0.15) is 6.04 Å². The van der Waals surface area contributed by atoms with E-state index in [1.54, 1.807) is 12.1 Å². The Balaban J connectivity index is 2.50. The van der Waals surface area contributed by atoms with Gasteiger partial charge in [-0.15, -0.1) is 0 Å². The van der Waals surface area contributed by atoms with Gasteiger partial charge in [-0.3, -0.25) is 4.79 Å². The van der Waals surface area contributed by atoms with Gasteiger partial charge >= 0.3 is 5.97 Å². The first-order valence-electron chi connectivity index (χ1n) is 4.81. The summed E-state index contributed by atoms with van der Waals surface area (Å²) in [5.74, 6) is -1.03. The van der Waals surface area contributed by atoms with E-state index in [9.17, 15) is 4.79 Å². The van der Waals surface area contributed by atoms with Gasteiger partial charge in [-0.25, -0.2) is 0 Å². The molecule has 0 aliphatic carbocycles. The Hall–Kier alpha value is -2.06. The van der Waals surface area contributed by atoms with Gasteiger partial charge in [0.15, 0.2) is 0 Å². The maximum atomic E-state index is 10.5. The van der Waals surface area contributed by atoms with Crippen molar-refractivity contribution in [3.8, 4) is 6.07 Å². The zero-order valence-corrected chi connectivity index (χ0v) is 8.68. The van der Waals surface area contributed by atoms with Crippen molar-refractivity contribution < 1.29 is 9.90 Å². The highest BCUT2D eigenvalue weighted by Crippen LogP contribution is 2.09. The van der Waals surface area contributed by atoms with Gasteiger partial charge < -0.3 is 16.2 Å². The molecule has 0 aliphatic heterocycles. The minimum Gasteiger partial charge on any atom is -0.480 e. The number of nitrogens with zero attached hydrogens (tertiary/aromatic N) is 1. The van der Waals surface area contributed by atoms with E-state index in [4.69, 9.17) is 16.1 Å². The molecule has 1 aromatic rings. The molecule has 5 heteroatoms. The number of hydrogen-bond acceptors (Lipinski definition) is 4. The monoisotopic (exact) mass is 219 g/mol. The van der Waals surface area contributed by atoms with Crippen molar-refractivity contribution in [3.63, 3.8) is 0 Å². The van der Waals surface area contributed by atoms with E-state index in [0.29, 0.717) is 6.42 Å². The lowest BCUT2D eigenvalue weighted by atomic mass is 10.1. The molecule has 0 bridgehead atoms. The Kier molecular flexibility index (Phi) is 4.30. The largest absolute Gasteiger partial charge is 0.480 e. The molecule has 0 aliphatic rings. The number of benzene rings is 1. The van der Waals surface area contributed by atoms with Crippen LogP contribution in [0.2, 0.25) is 0 Å². The van der Waals surface area contributed by atoms with Crippen LogP contribution in [0.5, 0.6) is 0 Å². The minimum atomic E-state index is -1.03. The standard InChI is InChI=1S/C11H13N3O2/c12-6-5-8-1-3-9(4-2-8)14-7-10(13)11(15)16/h1-4,10,14H,5,7,13H2,(H,15,16). The smallest absolute Gasteiger partial charge is 0.322 e. The predicted octanol–water partition coefficient (Wildman–Crippen LogP) is 0.576. The van der Waals surface area contributed by atoms with Gasteiger partial charge in [-0.1, -0.05) is 12.1 Å². The maximum absolute atomic E-state index is 10.5. The summed E-state index contributed by atoms with van der Waals surface area (Å²) in [6, 6.07) is 8.35. The fourth-order valence-electron chi connectivity index (χ4n) is 1.15. The molecule has 0 saturated heterocycles. The summed E-state index contributed by atoms with van der Waals surface area (Å²) in [5, 5.41) is 20.0. The third-order valence-electron chi connectivity index (χ3n) is 2.08. The lowest BCUT2D eigenvalue weighted by Crippen LogP contribution is -2.36. The number of carboxylic acids is 1. The summed E-state index contributed by atoms with van der Waals surface area (Å²) in [4.78, 5) is 10.5. The SMILES string of the molecule is N#CCc1ccc(NCC(N)C(=O)O)cc1. The van der Waals surface area contributed by atoms with Gasteiger partial charge in [-0.05, 0) is 17.7 Å². The van der Waals surface area contributed by atoms with E-state index in [1.807, 2.05) is 12.1 Å². The van der Waals surface area contributed by atoms with Crippen LogP contribution in [0.15, 0.2) is 24.3 Å². The topological polar surface area (TPSA) is 99.1 Å². The summed E-state index contributed by atoms with van der Waals surface area (Å²) in [6.45, 7) is 0.174. The molecule has 16 heavy (non-hydrogen) atoms. The average molecular weight is 219 g/mol. The molecule has 0 aromatic heterocycles. The Bertz CT molecular complexity index is 395. The molecule has 1 atom stereocenters. The van der Waals surface area contributed by atoms with Crippen LogP contribution in [0, 0.1) is 11.3 Å². The highest BCUT2D eigenvalue weighted by Gasteiger charge is 2.10. The second-order valence-electron chi connectivity index (χ2n) is 3.36. The van der Waals surface area contributed by atoms with E-state index in [0.717, 1.165) is 11.3 Å². The van der Waals surface area contributed by atoms with Crippen molar-refractivity contribution in [2.75, 3.05) is 11.9 Å². The summed E-state index contributed by atoms with van der Waals surface area (Å²) < 4.78 is 0. The van der Waals surface area contributed by atoms with E-state index < -0.39 is 12.0 Å². The van der Waals surface area contributed by atoms with Crippen LogP contribution in [-0.4, -0.2) is 23.7 Å². The molecule has 1 rings (SSSR count). The van der Waals surface area contributed by atoms with Gasteiger partial charge in [0.25, 0.3) is 0 Å². The van der Waals surface area contributed by atoms with E-state index in [1.165, 1.54) is 0 Å². The summed E-state index contributed by atoms with van der Waals surface area (Å²) in [7, 11) is 0. The third-order valence-corrected chi connectivity index (χ3v) is 2.08. The molecule has 0 spiro atoms. The zero-order chi connectivity index (χ0) is 12.0. The number of aliphatic carboxylic acids is 1. The lowest BCUT2D eigenvalue weighted by molar-refractivity contribution is -0.138. The number of hydrogen-bond donors (Lipinski definition) is 3. The summed E-state index contributed by atoms with van der Waals surface area (Å²) in [5.41, 5.74) is 7.05. The van der Waals surface area contributed by atoms with Gasteiger partial charge in [0.2, 0.25) is 0 Å². The van der Waals surface area contributed by atoms with Crippen LogP contribution >= 0.6 is 0 Å². The van der Waals surface area contributed by atoms with Gasteiger partial charge in [0.05, 0.1) is 12.5 Å². The van der Waals surface area contributed by atoms with Gasteiger partial charge in [0, 0.05) is 12.2 Å². The first-order chi connectivity index (χ1) is 7.63. The molecule has 0 radical (unpaired) electrons. The number of rotatable bonds is 5. The Labute approximate surface area is 93.5 Å². The molecular formula is C11H13N3O2. The third kappa shape index (κ3) is 3.59. The molecule has 0 saturated carbocycles. The summed E-state index contributed by atoms with van der Waals surface area (Å²) >= 11 is 0. The molecule has 1 unspecified atom stereocenters. The number of nitrogens with two attached hydrogens (primary N) is 1. The molecule has 0 fully saturated rings. The maximum Gasteiger partial charge on any atom is 0.322 e. The predicted molar refractivity (Wildman–Crippen MR) is 59.9 cm³/mol. The molecule has 1 aromatic carbocycles. The van der Waals surface area contributed by atoms with Crippen LogP contribution in [0.25, 0.3) is 0 Å². The van der Waals surface area contributed by atoms with Gasteiger partial charge in [-0.2, -0.15) is 5.26 Å². The first-order valence-corrected chi connectivity index (χ1v) is 4.81. The van der Waals surface area contributed by atoms with Crippen molar-refractivity contribution in [3.05, 3.63) is 29.8 Å². The fourth-order valence-corrected chi connectivity index (χ4v) is 1.15. The highest BCUT2D eigenvalue weighted by molar-refractivity contribution is 5.74. The van der Waals surface area contributed by atoms with Crippen LogP contribution in [0.1, 0.15) is 5.56 Å². The van der Waals surface area contributed by atoms with E-state index >= 15 is 0 Å². The molecule has 84 valence electrons. The lowest BCUT2D eigenvalue weighted by Gasteiger charge is -2.09. The number of carbonyl (C=O) groups is 1. The quantitative estimate of drug-likeness (QED) is 0.672. The van der Waals surface area contributed by atoms with Crippen molar-refractivity contribution in [2.45, 2.75) is 12.5 Å². The summed E-state index contributed by atoms with van der Waals surface area (Å²) in [6.07, 6.45) is 0.370. The number of carboxylic acid groups (broad SMARTS) is 1. The Morgan fingerprint density at radius 3 is 2.62 bits per heavy atom. The normalized spacial score (nSPS) is 11.5. The van der Waals surface area contributed by atoms with Crippen molar-refractivity contribution in [1.29, 1.82) is 5.26 Å². The molecule has 0 heterocycles.